The summed E-state index contributed by atoms with van der Waals surface area (Å²) in [5.41, 5.74) is -0.513. The smallest absolute Gasteiger partial charge is 0.475 e. The van der Waals surface area contributed by atoms with Crippen molar-refractivity contribution >= 4 is 18.8 Å². The molecule has 1 amide bonds. The van der Waals surface area contributed by atoms with Crippen LogP contribution in [-0.4, -0.2) is 49.0 Å². The van der Waals surface area contributed by atoms with Gasteiger partial charge in [-0.2, -0.15) is 13.2 Å². The van der Waals surface area contributed by atoms with E-state index in [0.29, 0.717) is 11.3 Å². The molecule has 2 aromatic rings. The Bertz CT molecular complexity index is 934. The Kier molecular flexibility index (Phi) is 8.67. The van der Waals surface area contributed by atoms with Crippen LogP contribution < -0.4 is 14.8 Å². The molecule has 0 saturated carbocycles. The minimum atomic E-state index is -4.67. The summed E-state index contributed by atoms with van der Waals surface area (Å²) in [6, 6.07) is 9.61. The summed E-state index contributed by atoms with van der Waals surface area (Å²) < 4.78 is 49.3. The largest absolute Gasteiger partial charge is 0.497 e. The summed E-state index contributed by atoms with van der Waals surface area (Å²) in [7, 11) is 0.578. The molecule has 0 aliphatic heterocycles. The third-order valence-electron chi connectivity index (χ3n) is 4.72. The molecule has 0 saturated heterocycles. The number of ether oxygens (including phenoxy) is 2. The van der Waals surface area contributed by atoms with Crippen molar-refractivity contribution in [1.29, 1.82) is 0 Å². The Morgan fingerprint density at radius 1 is 1.03 bits per heavy atom. The zero-order valence-electron chi connectivity index (χ0n) is 17.5. The molecule has 0 aliphatic carbocycles. The van der Waals surface area contributed by atoms with Crippen molar-refractivity contribution in [2.24, 2.45) is 0 Å². The molecule has 32 heavy (non-hydrogen) atoms. The highest BCUT2D eigenvalue weighted by molar-refractivity contribution is 6.43. The lowest BCUT2D eigenvalue weighted by Gasteiger charge is -2.19. The number of carbonyl (C=O) groups is 2. The molecule has 7 nitrogen and oxygen atoms in total. The lowest BCUT2D eigenvalue weighted by molar-refractivity contribution is -0.138. The van der Waals surface area contributed by atoms with Gasteiger partial charge in [0.25, 0.3) is 0 Å². The van der Waals surface area contributed by atoms with Crippen LogP contribution in [0.4, 0.5) is 13.2 Å². The number of Topliss-reactive ketones (excluding diaryl/α,β-unsaturated/α-hetero) is 1. The molecule has 0 radical (unpaired) electrons. The number of hydrogen-bond acceptors (Lipinski definition) is 6. The van der Waals surface area contributed by atoms with Crippen LogP contribution in [0.3, 0.4) is 0 Å². The molecule has 0 heterocycles. The normalized spacial score (nSPS) is 12.1. The van der Waals surface area contributed by atoms with Crippen LogP contribution in [0.2, 0.25) is 0 Å². The summed E-state index contributed by atoms with van der Waals surface area (Å²) in [6.45, 7) is 0. The predicted molar refractivity (Wildman–Crippen MR) is 110 cm³/mol. The Hall–Kier alpha value is -3.05. The van der Waals surface area contributed by atoms with Crippen LogP contribution in [0.25, 0.3) is 0 Å². The lowest BCUT2D eigenvalue weighted by atomic mass is 9.75. The number of nitrogens with one attached hydrogen (secondary N) is 1. The molecule has 1 unspecified atom stereocenters. The van der Waals surface area contributed by atoms with Gasteiger partial charge in [0.2, 0.25) is 5.91 Å². The van der Waals surface area contributed by atoms with Crippen molar-refractivity contribution in [2.75, 3.05) is 14.2 Å². The molecule has 3 N–H and O–H groups in total. The Balaban J connectivity index is 2.01. The van der Waals surface area contributed by atoms with Crippen LogP contribution in [0.15, 0.2) is 42.5 Å². The van der Waals surface area contributed by atoms with Crippen LogP contribution in [0.5, 0.6) is 11.5 Å². The van der Waals surface area contributed by atoms with E-state index in [2.05, 4.69) is 5.32 Å². The molecular weight excluding hydrogens is 430 g/mol. The fourth-order valence-electron chi connectivity index (χ4n) is 3.02. The Morgan fingerprint density at radius 3 is 2.22 bits per heavy atom. The van der Waals surface area contributed by atoms with Crippen molar-refractivity contribution < 1.29 is 42.3 Å². The molecule has 11 heteroatoms. The monoisotopic (exact) mass is 453 g/mol. The summed E-state index contributed by atoms with van der Waals surface area (Å²) in [5.74, 6) is -2.01. The van der Waals surface area contributed by atoms with E-state index in [0.717, 1.165) is 19.2 Å². The highest BCUT2D eigenvalue weighted by Gasteiger charge is 2.35. The highest BCUT2D eigenvalue weighted by atomic mass is 19.4. The van der Waals surface area contributed by atoms with Crippen molar-refractivity contribution in [3.8, 4) is 11.5 Å². The maximum atomic E-state index is 13.2. The first-order valence-electron chi connectivity index (χ1n) is 9.62. The molecule has 2 rings (SSSR count). The fourth-order valence-corrected chi connectivity index (χ4v) is 3.02. The van der Waals surface area contributed by atoms with E-state index in [4.69, 9.17) is 9.47 Å². The van der Waals surface area contributed by atoms with Gasteiger partial charge in [0.05, 0.1) is 25.7 Å². The van der Waals surface area contributed by atoms with Crippen molar-refractivity contribution in [1.82, 2.24) is 5.32 Å². The van der Waals surface area contributed by atoms with Crippen LogP contribution in [-0.2, 0) is 17.4 Å². The number of hydrogen-bond donors (Lipinski definition) is 3. The van der Waals surface area contributed by atoms with Gasteiger partial charge >= 0.3 is 13.3 Å². The van der Waals surface area contributed by atoms with E-state index in [9.17, 15) is 32.8 Å². The minimum absolute atomic E-state index is 0.117. The fraction of sp³-hybridized carbons (Fsp3) is 0.333. The Morgan fingerprint density at radius 2 is 1.69 bits per heavy atom. The zero-order chi connectivity index (χ0) is 23.9. The van der Waals surface area contributed by atoms with Gasteiger partial charge in [-0.1, -0.05) is 6.07 Å². The van der Waals surface area contributed by atoms with Gasteiger partial charge in [0, 0.05) is 18.4 Å². The lowest BCUT2D eigenvalue weighted by Crippen LogP contribution is -2.48. The van der Waals surface area contributed by atoms with E-state index in [1.54, 1.807) is 24.3 Å². The Labute approximate surface area is 183 Å². The molecule has 0 aliphatic rings. The topological polar surface area (TPSA) is 105 Å². The second-order valence-electron chi connectivity index (χ2n) is 6.98. The first-order valence-corrected chi connectivity index (χ1v) is 9.62. The second-order valence-corrected chi connectivity index (χ2v) is 6.98. The van der Waals surface area contributed by atoms with Gasteiger partial charge in [0.1, 0.15) is 11.5 Å². The van der Waals surface area contributed by atoms with Crippen LogP contribution in [0.1, 0.15) is 34.3 Å². The minimum Gasteiger partial charge on any atom is -0.497 e. The van der Waals surface area contributed by atoms with Gasteiger partial charge in [-0.25, -0.2) is 0 Å². The predicted octanol–water partition coefficient (Wildman–Crippen LogP) is 2.43. The number of carbonyl (C=O) groups excluding carboxylic acids is 2. The SMILES string of the molecule is COc1ccc(C(=O)CCC(=O)NC(Cc2ccc(OC)c(C(F)(F)F)c2)B(O)O)cc1. The number of amides is 1. The van der Waals surface area contributed by atoms with Gasteiger partial charge < -0.3 is 24.8 Å². The first-order chi connectivity index (χ1) is 15.0. The molecule has 0 aromatic heterocycles. The molecule has 0 spiro atoms. The molecule has 2 aromatic carbocycles. The average Bonchev–Trinajstić information content (AvgIpc) is 2.76. The number of benzene rings is 2. The number of alkyl halides is 3. The van der Waals surface area contributed by atoms with E-state index < -0.39 is 30.7 Å². The number of rotatable bonds is 10. The first kappa shape index (κ1) is 25.2. The van der Waals surface area contributed by atoms with E-state index in [1.807, 2.05) is 0 Å². The van der Waals surface area contributed by atoms with E-state index in [1.165, 1.54) is 13.2 Å². The summed E-state index contributed by atoms with van der Waals surface area (Å²) in [6.07, 6.45) is -5.31. The molecule has 0 bridgehead atoms. The molecule has 172 valence electrons. The van der Waals surface area contributed by atoms with Gasteiger partial charge in [0.15, 0.2) is 5.78 Å². The van der Waals surface area contributed by atoms with Gasteiger partial charge in [-0.3, -0.25) is 9.59 Å². The van der Waals surface area contributed by atoms with Gasteiger partial charge in [-0.15, -0.1) is 0 Å². The second kappa shape index (κ2) is 11.0. The number of halogens is 3. The summed E-state index contributed by atoms with van der Waals surface area (Å²) in [5, 5.41) is 21.5. The van der Waals surface area contributed by atoms with E-state index >= 15 is 0 Å². The molecule has 1 atom stereocenters. The maximum absolute atomic E-state index is 13.2. The van der Waals surface area contributed by atoms with Crippen LogP contribution in [0, 0.1) is 0 Å². The van der Waals surface area contributed by atoms with Crippen molar-refractivity contribution in [2.45, 2.75) is 31.4 Å². The van der Waals surface area contributed by atoms with E-state index in [-0.39, 0.29) is 36.4 Å². The standard InChI is InChI=1S/C21H23BF3NO6/c1-31-15-6-4-14(5-7-15)17(27)8-10-20(28)26-19(22(29)30)12-13-3-9-18(32-2)16(11-13)21(23,24)25/h3-7,9,11,19,29-30H,8,10,12H2,1-2H3,(H,26,28). The van der Waals surface area contributed by atoms with Crippen molar-refractivity contribution in [3.63, 3.8) is 0 Å². The quantitative estimate of drug-likeness (QED) is 0.377. The summed E-state index contributed by atoms with van der Waals surface area (Å²) in [4.78, 5) is 24.4. The maximum Gasteiger partial charge on any atom is 0.475 e. The third kappa shape index (κ3) is 6.99. The zero-order valence-corrected chi connectivity index (χ0v) is 17.5. The van der Waals surface area contributed by atoms with Crippen molar-refractivity contribution in [3.05, 3.63) is 59.2 Å². The number of methoxy groups -OCH3 is 2. The number of ketones is 1. The molecular formula is C21H23BF3NO6. The highest BCUT2D eigenvalue weighted by Crippen LogP contribution is 2.36. The third-order valence-corrected chi connectivity index (χ3v) is 4.72. The summed E-state index contributed by atoms with van der Waals surface area (Å²) >= 11 is 0. The van der Waals surface area contributed by atoms with Gasteiger partial charge in [-0.05, 0) is 48.4 Å². The average molecular weight is 453 g/mol. The molecule has 0 fully saturated rings. The van der Waals surface area contributed by atoms with Crippen LogP contribution >= 0.6 is 0 Å².